The number of hydrogen-bond donors (Lipinski definition) is 7. The number of nitro groups is 1. The number of nitrogens with zero attached hydrogens (tertiary/aromatic N) is 5. The molecular formula is C80H126N12O19. The summed E-state index contributed by atoms with van der Waals surface area (Å²) >= 11 is 0. The average Bonchev–Trinajstić information content (AvgIpc) is 1.55. The highest BCUT2D eigenvalue weighted by Crippen LogP contribution is 2.68. The number of hydrogen-bond acceptors (Lipinski definition) is 19. The molecule has 4 aliphatic heterocycles. The monoisotopic (exact) mass is 1560 g/mol. The van der Waals surface area contributed by atoms with Crippen LogP contribution in [0.25, 0.3) is 0 Å². The van der Waals surface area contributed by atoms with E-state index in [-0.39, 0.29) is 116 Å². The third kappa shape index (κ3) is 18.7. The van der Waals surface area contributed by atoms with Crippen molar-refractivity contribution in [3.05, 3.63) is 34.4 Å². The van der Waals surface area contributed by atoms with Gasteiger partial charge < -0.3 is 75.8 Å². The lowest BCUT2D eigenvalue weighted by atomic mass is 9.80. The summed E-state index contributed by atoms with van der Waals surface area (Å²) in [4.78, 5) is 181. The highest BCUT2D eigenvalue weighted by Gasteiger charge is 2.74. The normalized spacial score (nSPS) is 27.4. The van der Waals surface area contributed by atoms with Gasteiger partial charge >= 0.3 is 36.1 Å². The number of Topliss-reactive ketones (excluding diaryl/α,β-unsaturated/α-hetero) is 1. The number of likely N-dealkylation sites (N-methyl/N-ethyl adjacent to an activating group) is 1. The third-order valence-corrected chi connectivity index (χ3v) is 26.0. The van der Waals surface area contributed by atoms with Crippen molar-refractivity contribution in [1.29, 1.82) is 0 Å². The van der Waals surface area contributed by atoms with E-state index in [4.69, 9.17) is 18.9 Å². The number of ether oxygens (including phenoxy) is 4. The highest BCUT2D eigenvalue weighted by molar-refractivity contribution is 6.38. The molecule has 4 heterocycles. The van der Waals surface area contributed by atoms with Crippen molar-refractivity contribution in [2.24, 2.45) is 102 Å². The second-order valence-corrected chi connectivity index (χ2v) is 38.4. The zero-order valence-electron chi connectivity index (χ0n) is 70.4. The van der Waals surface area contributed by atoms with Crippen molar-refractivity contribution in [2.75, 3.05) is 68.7 Å². The molecule has 620 valence electrons. The molecule has 1 aromatic carbocycles. The molecule has 1 aromatic rings. The van der Waals surface area contributed by atoms with Crippen molar-refractivity contribution in [3.63, 3.8) is 0 Å². The number of non-ortho nitro benzene ring substituents is 1. The second-order valence-electron chi connectivity index (χ2n) is 38.4. The number of carbonyl (C=O) groups excluding carboxylic acids is 13. The van der Waals surface area contributed by atoms with Crippen LogP contribution in [0.1, 0.15) is 171 Å². The van der Waals surface area contributed by atoms with Gasteiger partial charge in [0.2, 0.25) is 35.3 Å². The topological polar surface area (TPSA) is 399 Å². The van der Waals surface area contributed by atoms with Crippen LogP contribution >= 0.6 is 0 Å². The number of urea groups is 2. The summed E-state index contributed by atoms with van der Waals surface area (Å²) in [5.41, 5.74) is -1.93. The van der Waals surface area contributed by atoms with Crippen molar-refractivity contribution in [2.45, 2.75) is 219 Å². The van der Waals surface area contributed by atoms with E-state index in [1.165, 1.54) is 71.6 Å². The van der Waals surface area contributed by atoms with Crippen molar-refractivity contribution < 1.29 is 86.2 Å². The molecule has 7 N–H and O–H groups in total. The smallest absolute Gasteiger partial charge is 0.413 e. The Morgan fingerprint density at radius 3 is 1.09 bits per heavy atom. The second kappa shape index (κ2) is 32.8. The standard InChI is InChI=1S/C25H41N5O5.C22H29N3O7.C17H29N3O4.C16H27NO3/c1-24(2,3)19(29-23(35)27-7)22(34)30-12-14-16(25(14,4)5)17(30)20(32)28-15(11-13-9-8-10-13)18(31)21(33)26-6;1-21(2,3)17(23-20(28)32-13-9-7-12(8-10-13)25(29)30)18(26)24-11-14-15(22(14,4)5)16(24)19(27)31-6;1-16(2,3)12(19-15(23)18-6)13(21)20-8-9-10(17(9,4)5)11(20)14(22)24-7;1-9(15(2,3)4)13(18)17-8-10-11(16(10,5)6)12(17)14(19)20-7/h13-17,19H,8-12H2,1-7H3,(H,26,33)(H,28,32)(H2,27,29,35);7-10,14-17H,11H2,1-6H3,(H,23,28);9-12H,8H2,1-7H3,(H2,18,19,23);9-12H,8H2,1-7H3/t14-,15?,16-,17-,19+;14-,15-,16-,17+;9-,10-,11-,12+;9-,10+,11+,12+/m0001/s1. The summed E-state index contributed by atoms with van der Waals surface area (Å²) < 4.78 is 20.1. The summed E-state index contributed by atoms with van der Waals surface area (Å²) in [6.45, 7) is 43.7. The van der Waals surface area contributed by atoms with Crippen LogP contribution in [0.5, 0.6) is 5.75 Å². The Morgan fingerprint density at radius 1 is 0.477 bits per heavy atom. The highest BCUT2D eigenvalue weighted by atomic mass is 16.6. The van der Waals surface area contributed by atoms with E-state index < -0.39 is 111 Å². The Labute approximate surface area is 653 Å². The summed E-state index contributed by atoms with van der Waals surface area (Å²) in [7, 11) is 8.43. The van der Waals surface area contributed by atoms with Gasteiger partial charge in [-0.2, -0.15) is 0 Å². The first kappa shape index (κ1) is 89.5. The molecule has 1 unspecified atom stereocenters. The van der Waals surface area contributed by atoms with Crippen LogP contribution in [-0.4, -0.2) is 219 Å². The molecule has 0 bridgehead atoms. The molecule has 10 rings (SSSR count). The number of esters is 3. The molecule has 0 aromatic heterocycles. The van der Waals surface area contributed by atoms with Crippen LogP contribution in [-0.2, 0) is 62.2 Å². The summed E-state index contributed by atoms with van der Waals surface area (Å²) in [6.07, 6.45) is 2.56. The molecule has 111 heavy (non-hydrogen) atoms. The van der Waals surface area contributed by atoms with Crippen LogP contribution < -0.4 is 42.0 Å². The molecule has 0 spiro atoms. The average molecular weight is 1560 g/mol. The Bertz CT molecular complexity index is 3750. The fraction of sp³-hybridized carbons (Fsp3) is 0.762. The molecule has 9 aliphatic rings. The molecule has 4 saturated heterocycles. The first-order chi connectivity index (χ1) is 51.0. The number of likely N-dealkylation sites (tertiary alicyclic amines) is 4. The van der Waals surface area contributed by atoms with Gasteiger partial charge in [0.1, 0.15) is 48.0 Å². The molecular weight excluding hydrogens is 1430 g/mol. The first-order valence-electron chi connectivity index (χ1n) is 38.7. The van der Waals surface area contributed by atoms with E-state index in [0.717, 1.165) is 19.3 Å². The molecule has 5 aliphatic carbocycles. The van der Waals surface area contributed by atoms with Gasteiger partial charge in [-0.3, -0.25) is 43.7 Å². The van der Waals surface area contributed by atoms with Gasteiger partial charge in [0.05, 0.1) is 32.3 Å². The quantitative estimate of drug-likeness (QED) is 0.0259. The van der Waals surface area contributed by atoms with E-state index in [1.807, 2.05) is 48.5 Å². The van der Waals surface area contributed by atoms with Gasteiger partial charge in [0, 0.05) is 83.1 Å². The maximum Gasteiger partial charge on any atom is 0.413 e. The van der Waals surface area contributed by atoms with Gasteiger partial charge in [0.25, 0.3) is 11.6 Å². The molecule has 5 saturated carbocycles. The van der Waals surface area contributed by atoms with Crippen molar-refractivity contribution >= 4 is 83.0 Å². The van der Waals surface area contributed by atoms with Crippen LogP contribution in [0.15, 0.2) is 24.3 Å². The number of carbonyl (C=O) groups is 13. The van der Waals surface area contributed by atoms with Crippen LogP contribution in [0.4, 0.5) is 20.1 Å². The van der Waals surface area contributed by atoms with Crippen molar-refractivity contribution in [1.82, 2.24) is 56.8 Å². The lowest BCUT2D eigenvalue weighted by Gasteiger charge is -2.38. The molecule has 11 amide bonds. The Balaban J connectivity index is 0.000000210. The summed E-state index contributed by atoms with van der Waals surface area (Å²) in [5, 5.41) is 29.0. The zero-order valence-corrected chi connectivity index (χ0v) is 70.4. The molecule has 17 atom stereocenters. The van der Waals surface area contributed by atoms with Gasteiger partial charge in [-0.15, -0.1) is 0 Å². The largest absolute Gasteiger partial charge is 0.467 e. The lowest BCUT2D eigenvalue weighted by Crippen LogP contribution is -2.61. The SMILES string of the molecule is CNC(=O)N[C@H](C(=O)N1C[C@H]2[C@@H]([C@H]1C(=O)NC(CC1CCC1)C(=O)C(=O)NC)C2(C)C)C(C)(C)C.CNC(=O)N[C@H](C(=O)N1C[C@H]2[C@@H]([C@H]1C(=O)OC)C2(C)C)C(C)(C)C.COC(=O)[C@@H]1[C@@H]2[C@H](CN1C(=O)[C@@H](C)C(C)(C)C)C2(C)C.COC(=O)[C@@H]1[C@@H]2[C@H](CN1C(=O)[C@@H](NC(=O)Oc1ccc([N+](=O)[O-])cc1)C(C)(C)C)C2(C)C. The molecule has 9 fully saturated rings. The predicted molar refractivity (Wildman–Crippen MR) is 410 cm³/mol. The van der Waals surface area contributed by atoms with E-state index in [2.05, 4.69) is 113 Å². The fourth-order valence-electron chi connectivity index (χ4n) is 17.7. The molecule has 31 heteroatoms. The van der Waals surface area contributed by atoms with E-state index in [9.17, 15) is 72.4 Å². The maximum absolute atomic E-state index is 13.7. The van der Waals surface area contributed by atoms with Gasteiger partial charge in [-0.05, 0) is 97.4 Å². The van der Waals surface area contributed by atoms with Gasteiger partial charge in [-0.25, -0.2) is 28.8 Å². The minimum atomic E-state index is -0.958. The molecule has 0 radical (unpaired) electrons. The van der Waals surface area contributed by atoms with Crippen LogP contribution in [0.2, 0.25) is 0 Å². The number of nitro benzene ring substituents is 1. The minimum Gasteiger partial charge on any atom is -0.467 e. The fourth-order valence-corrected chi connectivity index (χ4v) is 17.7. The third-order valence-electron chi connectivity index (χ3n) is 26.0. The summed E-state index contributed by atoms with van der Waals surface area (Å²) in [6, 6.07) is -1.70. The van der Waals surface area contributed by atoms with Crippen molar-refractivity contribution in [3.8, 4) is 5.75 Å². The van der Waals surface area contributed by atoms with Gasteiger partial charge in [-0.1, -0.05) is 165 Å². The number of nitrogens with one attached hydrogen (secondary N) is 7. The zero-order chi connectivity index (χ0) is 84.2. The number of amides is 11. The predicted octanol–water partition coefficient (Wildman–Crippen LogP) is 6.87. The Kier molecular flexibility index (Phi) is 26.5. The number of methoxy groups -OCH3 is 3. The lowest BCUT2D eigenvalue weighted by molar-refractivity contribution is -0.384. The maximum atomic E-state index is 13.7. The number of rotatable bonds is 18. The Morgan fingerprint density at radius 2 is 0.802 bits per heavy atom. The number of benzene rings is 1. The molecule has 31 nitrogen and oxygen atoms in total. The van der Waals surface area contributed by atoms with Crippen LogP contribution in [0, 0.1) is 113 Å². The van der Waals surface area contributed by atoms with Crippen LogP contribution in [0.3, 0.4) is 0 Å². The number of fused-ring (bicyclic) bond motifs is 4. The number of piperidine rings is 4. The van der Waals surface area contributed by atoms with E-state index in [1.54, 1.807) is 35.5 Å². The van der Waals surface area contributed by atoms with Gasteiger partial charge in [0.15, 0.2) is 0 Å². The number of ketones is 1. The first-order valence-corrected chi connectivity index (χ1v) is 38.7. The Hall–Kier alpha value is -8.67. The van der Waals surface area contributed by atoms with E-state index >= 15 is 0 Å². The minimum absolute atomic E-state index is 0.0200. The van der Waals surface area contributed by atoms with E-state index in [0.29, 0.717) is 50.4 Å². The summed E-state index contributed by atoms with van der Waals surface area (Å²) in [5.74, 6) is -2.05.